The van der Waals surface area contributed by atoms with E-state index in [0.29, 0.717) is 5.16 Å². The zero-order chi connectivity index (χ0) is 33.6. The summed E-state index contributed by atoms with van der Waals surface area (Å²) in [4.78, 5) is 14.5. The number of para-hydroxylation sites is 1. The molecule has 0 bridgehead atoms. The Morgan fingerprint density at radius 2 is 0.902 bits per heavy atom. The van der Waals surface area contributed by atoms with Gasteiger partial charge in [0.15, 0.2) is 0 Å². The van der Waals surface area contributed by atoms with Crippen molar-refractivity contribution in [2.24, 2.45) is 0 Å². The number of tetrazole rings is 1. The summed E-state index contributed by atoms with van der Waals surface area (Å²) in [5, 5.41) is 15.5. The van der Waals surface area contributed by atoms with Gasteiger partial charge in [0, 0.05) is 51.8 Å². The number of benzene rings is 4. The predicted molar refractivity (Wildman–Crippen MR) is 203 cm³/mol. The number of aromatic nitrogens is 10. The summed E-state index contributed by atoms with van der Waals surface area (Å²) in [7, 11) is 0. The van der Waals surface area contributed by atoms with Gasteiger partial charge in [-0.15, -0.1) is 17.7 Å². The van der Waals surface area contributed by atoms with Crippen molar-refractivity contribution in [3.8, 4) is 22.7 Å². The third-order valence-electron chi connectivity index (χ3n) is 9.74. The third-order valence-corrected chi connectivity index (χ3v) is 10.0. The minimum Gasteiger partial charge on any atom is -0.308 e. The van der Waals surface area contributed by atoms with Crippen LogP contribution in [0.25, 0.3) is 88.6 Å². The molecule has 7 aromatic heterocycles. The van der Waals surface area contributed by atoms with Gasteiger partial charge in [0.1, 0.15) is 0 Å². The van der Waals surface area contributed by atoms with E-state index in [1.165, 1.54) is 0 Å². The number of hydrogen-bond donors (Lipinski definition) is 1. The van der Waals surface area contributed by atoms with E-state index in [0.717, 1.165) is 88.6 Å². The molecule has 11 rings (SSSR count). The van der Waals surface area contributed by atoms with Crippen LogP contribution in [0, 0.1) is 0 Å². The Hall–Kier alpha value is -6.85. The molecule has 0 N–H and O–H groups in total. The molecule has 0 atom stereocenters. The largest absolute Gasteiger partial charge is 0.308 e. The molecule has 240 valence electrons. The van der Waals surface area contributed by atoms with Gasteiger partial charge in [-0.2, -0.15) is 4.68 Å². The lowest BCUT2D eigenvalue weighted by molar-refractivity contribution is 0.757. The van der Waals surface area contributed by atoms with Crippen LogP contribution in [-0.2, 0) is 0 Å². The van der Waals surface area contributed by atoms with E-state index in [2.05, 4.69) is 133 Å². The Bertz CT molecular complexity index is 3130. The molecule has 0 saturated heterocycles. The first kappa shape index (κ1) is 28.0. The zero-order valence-corrected chi connectivity index (χ0v) is 27.6. The van der Waals surface area contributed by atoms with Crippen molar-refractivity contribution in [2.45, 2.75) is 5.16 Å². The summed E-state index contributed by atoms with van der Waals surface area (Å²) in [5.74, 6) is 0. The molecule has 0 saturated carbocycles. The minimum absolute atomic E-state index is 0.417. The van der Waals surface area contributed by atoms with Gasteiger partial charge in [0.2, 0.25) is 5.16 Å². The number of pyridine rings is 3. The monoisotopic (exact) mass is 676 g/mol. The van der Waals surface area contributed by atoms with Gasteiger partial charge in [-0.3, -0.25) is 15.0 Å². The van der Waals surface area contributed by atoms with E-state index < -0.39 is 0 Å². The van der Waals surface area contributed by atoms with E-state index in [9.17, 15) is 0 Å². The predicted octanol–water partition coefficient (Wildman–Crippen LogP) is 8.43. The number of rotatable bonds is 4. The van der Waals surface area contributed by atoms with Gasteiger partial charge in [-0.1, -0.05) is 24.3 Å². The van der Waals surface area contributed by atoms with Crippen molar-refractivity contribution < 1.29 is 0 Å². The van der Waals surface area contributed by atoms with Gasteiger partial charge < -0.3 is 13.7 Å². The number of thiol groups is 1. The van der Waals surface area contributed by atoms with Gasteiger partial charge in [0.05, 0.1) is 55.3 Å². The molecule has 4 aromatic carbocycles. The fourth-order valence-corrected chi connectivity index (χ4v) is 7.85. The highest BCUT2D eigenvalue weighted by atomic mass is 32.1. The molecule has 0 radical (unpaired) electrons. The summed E-state index contributed by atoms with van der Waals surface area (Å²) < 4.78 is 8.43. The molecular formula is C40H24N10S. The first-order valence-corrected chi connectivity index (χ1v) is 16.9. The van der Waals surface area contributed by atoms with E-state index in [-0.39, 0.29) is 0 Å². The maximum atomic E-state index is 4.91. The van der Waals surface area contributed by atoms with Crippen molar-refractivity contribution >= 4 is 78.4 Å². The summed E-state index contributed by atoms with van der Waals surface area (Å²) >= 11 is 4.43. The van der Waals surface area contributed by atoms with Crippen molar-refractivity contribution in [1.29, 1.82) is 0 Å². The fourth-order valence-electron chi connectivity index (χ4n) is 7.66. The Kier molecular flexibility index (Phi) is 5.81. The molecule has 0 unspecified atom stereocenters. The SMILES string of the molecule is Sc1nnnn1-c1cccc(-n2c3ccc(-n4c5ccc(-n6c7ccccc7c7ncccc76)cc5c5ncccc54)cc3c3ncccc32)c1. The molecule has 0 aliphatic rings. The number of nitrogens with zero attached hydrogens (tertiary/aromatic N) is 10. The average Bonchev–Trinajstić information content (AvgIpc) is 3.94. The van der Waals surface area contributed by atoms with Crippen LogP contribution in [0.4, 0.5) is 0 Å². The highest BCUT2D eigenvalue weighted by molar-refractivity contribution is 7.80. The van der Waals surface area contributed by atoms with Crippen LogP contribution >= 0.6 is 12.6 Å². The zero-order valence-electron chi connectivity index (χ0n) is 26.7. The lowest BCUT2D eigenvalue weighted by Gasteiger charge is -2.12. The number of fused-ring (bicyclic) bond motifs is 9. The molecule has 10 nitrogen and oxygen atoms in total. The molecule has 51 heavy (non-hydrogen) atoms. The van der Waals surface area contributed by atoms with Crippen molar-refractivity contribution in [3.63, 3.8) is 0 Å². The van der Waals surface area contributed by atoms with Gasteiger partial charge in [-0.25, -0.2) is 0 Å². The summed E-state index contributed by atoms with van der Waals surface area (Å²) in [6.07, 6.45) is 5.57. The Balaban J connectivity index is 1.13. The molecule has 11 aromatic rings. The quantitative estimate of drug-likeness (QED) is 0.188. The molecule has 0 aliphatic carbocycles. The van der Waals surface area contributed by atoms with Crippen LogP contribution in [0.15, 0.2) is 145 Å². The molecular weight excluding hydrogens is 653 g/mol. The van der Waals surface area contributed by atoms with Crippen molar-refractivity contribution in [3.05, 3.63) is 140 Å². The number of hydrogen-bond acceptors (Lipinski definition) is 7. The smallest absolute Gasteiger partial charge is 0.211 e. The lowest BCUT2D eigenvalue weighted by atomic mass is 10.2. The van der Waals surface area contributed by atoms with Gasteiger partial charge >= 0.3 is 0 Å². The van der Waals surface area contributed by atoms with E-state index in [1.54, 1.807) is 4.68 Å². The van der Waals surface area contributed by atoms with E-state index in [4.69, 9.17) is 15.0 Å². The maximum Gasteiger partial charge on any atom is 0.211 e. The first-order valence-electron chi connectivity index (χ1n) is 16.4. The summed E-state index contributed by atoms with van der Waals surface area (Å²) in [6.45, 7) is 0. The third kappa shape index (κ3) is 4.00. The normalized spacial score (nSPS) is 12.0. The standard InChI is InChI=1S/C40H24N10S/c51-40-44-45-46-50(40)27-8-3-7-24(21-27)47-32-16-15-26(23-29(32)38-35(47)12-5-19-42-38)49-33-17-14-25(22-30(33)39-36(49)13-6-20-43-39)48-31-10-2-1-9-28(31)37-34(48)11-4-18-41-37/h1-23H,(H,44,46,51). The van der Waals surface area contributed by atoms with Crippen molar-refractivity contribution in [1.82, 2.24) is 48.9 Å². The molecule has 0 fully saturated rings. The minimum atomic E-state index is 0.417. The highest BCUT2D eigenvalue weighted by Crippen LogP contribution is 2.38. The fraction of sp³-hybridized carbons (Fsp3) is 0. The second kappa shape index (κ2) is 10.6. The Labute approximate surface area is 294 Å². The summed E-state index contributed by atoms with van der Waals surface area (Å²) in [5.41, 5.74) is 13.0. The Morgan fingerprint density at radius 3 is 1.47 bits per heavy atom. The van der Waals surface area contributed by atoms with E-state index >= 15 is 0 Å². The molecule has 11 heteroatoms. The van der Waals surface area contributed by atoms with Crippen molar-refractivity contribution in [2.75, 3.05) is 0 Å². The van der Waals surface area contributed by atoms with E-state index in [1.807, 2.05) is 48.9 Å². The second-order valence-corrected chi connectivity index (χ2v) is 12.9. The van der Waals surface area contributed by atoms with Crippen LogP contribution in [0.5, 0.6) is 0 Å². The molecule has 0 aliphatic heterocycles. The van der Waals surface area contributed by atoms with Crippen LogP contribution in [0.1, 0.15) is 0 Å². The molecule has 7 heterocycles. The average molecular weight is 677 g/mol. The maximum absolute atomic E-state index is 4.91. The van der Waals surface area contributed by atoms with Crippen LogP contribution < -0.4 is 0 Å². The lowest BCUT2D eigenvalue weighted by Crippen LogP contribution is -2.00. The topological polar surface area (TPSA) is 97.1 Å². The molecule has 0 spiro atoms. The van der Waals surface area contributed by atoms with Gasteiger partial charge in [-0.05, 0) is 107 Å². The van der Waals surface area contributed by atoms with Gasteiger partial charge in [0.25, 0.3) is 0 Å². The first-order chi connectivity index (χ1) is 25.2. The van der Waals surface area contributed by atoms with Crippen LogP contribution in [0.3, 0.4) is 0 Å². The highest BCUT2D eigenvalue weighted by Gasteiger charge is 2.20. The van der Waals surface area contributed by atoms with Crippen LogP contribution in [0.2, 0.25) is 0 Å². The summed E-state index contributed by atoms with van der Waals surface area (Å²) in [6, 6.07) is 42.1. The molecule has 0 amide bonds. The van der Waals surface area contributed by atoms with Crippen LogP contribution in [-0.4, -0.2) is 48.9 Å². The Morgan fingerprint density at radius 1 is 0.412 bits per heavy atom. The second-order valence-electron chi connectivity index (χ2n) is 12.5.